The Morgan fingerprint density at radius 3 is 1.74 bits per heavy atom. The van der Waals surface area contributed by atoms with Gasteiger partial charge in [0, 0.05) is 69.7 Å². The first-order valence-electron chi connectivity index (χ1n) is 19.0. The summed E-state index contributed by atoms with van der Waals surface area (Å²) in [7, 11) is 0. The van der Waals surface area contributed by atoms with E-state index >= 15 is 0 Å². The summed E-state index contributed by atoms with van der Waals surface area (Å²) in [5.41, 5.74) is 10.3. The summed E-state index contributed by atoms with van der Waals surface area (Å²) in [5, 5.41) is 7.06. The van der Waals surface area contributed by atoms with Gasteiger partial charge in [-0.05, 0) is 66.2 Å². The topological polar surface area (TPSA) is 56.7 Å². The minimum absolute atomic E-state index is 0.650. The Bertz CT molecular complexity index is 3470. The van der Waals surface area contributed by atoms with Crippen LogP contribution in [0.1, 0.15) is 0 Å². The SMILES string of the molecule is c1ccc(-c2nc(-c3ccccc3)nc(-c3ccc4sc5ccc(-n6c7ccccc7c7cc(-c8cccc9c8oc8ccccc89)ccc76)cc5c4c3)n2)cc1. The normalized spacial score (nSPS) is 11.9. The van der Waals surface area contributed by atoms with Crippen LogP contribution in [0.3, 0.4) is 0 Å². The van der Waals surface area contributed by atoms with E-state index in [2.05, 4.69) is 114 Å². The Labute approximate surface area is 330 Å². The molecule has 12 aromatic rings. The Hall–Kier alpha value is -7.41. The molecule has 8 aromatic carbocycles. The van der Waals surface area contributed by atoms with Gasteiger partial charge in [-0.3, -0.25) is 0 Å². The molecule has 0 aliphatic carbocycles. The first-order chi connectivity index (χ1) is 28.2. The van der Waals surface area contributed by atoms with E-state index in [4.69, 9.17) is 19.4 Å². The van der Waals surface area contributed by atoms with E-state index in [0.29, 0.717) is 17.5 Å². The summed E-state index contributed by atoms with van der Waals surface area (Å²) in [6, 6.07) is 63.9. The van der Waals surface area contributed by atoms with Gasteiger partial charge in [-0.25, -0.2) is 15.0 Å². The second-order valence-electron chi connectivity index (χ2n) is 14.4. The average Bonchev–Trinajstić information content (AvgIpc) is 3.95. The molecule has 0 amide bonds. The predicted molar refractivity (Wildman–Crippen MR) is 236 cm³/mol. The Morgan fingerprint density at radius 1 is 0.386 bits per heavy atom. The lowest BCUT2D eigenvalue weighted by atomic mass is 10.0. The predicted octanol–water partition coefficient (Wildman–Crippen LogP) is 13.9. The summed E-state index contributed by atoms with van der Waals surface area (Å²) in [6.45, 7) is 0. The molecule has 0 bridgehead atoms. The van der Waals surface area contributed by atoms with Gasteiger partial charge in [-0.15, -0.1) is 11.3 Å². The van der Waals surface area contributed by atoms with Gasteiger partial charge in [-0.2, -0.15) is 0 Å². The number of fused-ring (bicyclic) bond motifs is 9. The van der Waals surface area contributed by atoms with Crippen LogP contribution in [0, 0.1) is 0 Å². The zero-order valence-electron chi connectivity index (χ0n) is 30.4. The molecule has 266 valence electrons. The number of benzene rings is 8. The molecule has 57 heavy (non-hydrogen) atoms. The lowest BCUT2D eigenvalue weighted by Gasteiger charge is -2.10. The lowest BCUT2D eigenvalue weighted by molar-refractivity contribution is 0.670. The number of nitrogens with zero attached hydrogens (tertiary/aromatic N) is 4. The Morgan fingerprint density at radius 2 is 0.965 bits per heavy atom. The smallest absolute Gasteiger partial charge is 0.164 e. The molecule has 4 heterocycles. The molecule has 5 nitrogen and oxygen atoms in total. The largest absolute Gasteiger partial charge is 0.455 e. The molecule has 0 saturated heterocycles. The molecule has 6 heteroatoms. The third-order valence-corrected chi connectivity index (χ3v) is 12.2. The maximum atomic E-state index is 6.45. The second kappa shape index (κ2) is 12.6. The van der Waals surface area contributed by atoms with Crippen molar-refractivity contribution in [3.8, 4) is 51.0 Å². The van der Waals surface area contributed by atoms with Crippen LogP contribution in [0.5, 0.6) is 0 Å². The van der Waals surface area contributed by atoms with Crippen molar-refractivity contribution in [3.63, 3.8) is 0 Å². The third-order valence-electron chi connectivity index (χ3n) is 11.1. The number of aromatic nitrogens is 4. The van der Waals surface area contributed by atoms with E-state index in [0.717, 1.165) is 61.0 Å². The monoisotopic (exact) mass is 746 g/mol. The van der Waals surface area contributed by atoms with Gasteiger partial charge in [0.05, 0.1) is 11.0 Å². The molecular weight excluding hydrogens is 717 g/mol. The Kier molecular flexibility index (Phi) is 7.03. The van der Waals surface area contributed by atoms with Gasteiger partial charge >= 0.3 is 0 Å². The van der Waals surface area contributed by atoms with Crippen molar-refractivity contribution in [2.75, 3.05) is 0 Å². The molecule has 0 saturated carbocycles. The number of furan rings is 1. The standard InChI is InChI=1S/C51H30N4OS/c1-3-12-31(13-4-1)49-52-50(32-14-5-2-6-15-32)54-51(53-49)34-23-26-46-41(29-34)42-30-35(24-27-47(42)57-46)55-43-20-9-7-16-37(43)40-28-33(22-25-44(40)55)36-18-11-19-39-38-17-8-10-21-45(38)56-48(36)39/h1-30H. The van der Waals surface area contributed by atoms with Gasteiger partial charge < -0.3 is 8.98 Å². The number of hydrogen-bond donors (Lipinski definition) is 0. The fourth-order valence-electron chi connectivity index (χ4n) is 8.37. The summed E-state index contributed by atoms with van der Waals surface area (Å²) in [6.07, 6.45) is 0. The number of thiophene rings is 1. The molecule has 0 unspecified atom stereocenters. The van der Waals surface area contributed by atoms with Gasteiger partial charge in [0.25, 0.3) is 0 Å². The molecule has 0 N–H and O–H groups in total. The zero-order valence-corrected chi connectivity index (χ0v) is 31.2. The minimum atomic E-state index is 0.650. The molecule has 0 atom stereocenters. The van der Waals surface area contributed by atoms with Crippen LogP contribution in [0.4, 0.5) is 0 Å². The van der Waals surface area contributed by atoms with Crippen molar-refractivity contribution in [2.24, 2.45) is 0 Å². The second-order valence-corrected chi connectivity index (χ2v) is 15.5. The average molecular weight is 747 g/mol. The highest BCUT2D eigenvalue weighted by Crippen LogP contribution is 2.42. The highest BCUT2D eigenvalue weighted by Gasteiger charge is 2.18. The van der Waals surface area contributed by atoms with Gasteiger partial charge in [0.15, 0.2) is 17.5 Å². The first-order valence-corrected chi connectivity index (χ1v) is 19.8. The molecule has 0 fully saturated rings. The number of para-hydroxylation sites is 3. The third kappa shape index (κ3) is 5.12. The van der Waals surface area contributed by atoms with Crippen molar-refractivity contribution in [2.45, 2.75) is 0 Å². The van der Waals surface area contributed by atoms with Gasteiger partial charge in [0.2, 0.25) is 0 Å². The summed E-state index contributed by atoms with van der Waals surface area (Å²) >= 11 is 1.81. The van der Waals surface area contributed by atoms with E-state index in [1.54, 1.807) is 0 Å². The fraction of sp³-hybridized carbons (Fsp3) is 0. The van der Waals surface area contributed by atoms with Crippen LogP contribution in [-0.4, -0.2) is 19.5 Å². The summed E-state index contributed by atoms with van der Waals surface area (Å²) < 4.78 is 11.3. The number of rotatable bonds is 5. The molecule has 0 radical (unpaired) electrons. The van der Waals surface area contributed by atoms with Crippen molar-refractivity contribution < 1.29 is 4.42 Å². The van der Waals surface area contributed by atoms with Crippen LogP contribution in [0.25, 0.3) is 115 Å². The maximum Gasteiger partial charge on any atom is 0.164 e. The highest BCUT2D eigenvalue weighted by atomic mass is 32.1. The first kappa shape index (κ1) is 31.9. The van der Waals surface area contributed by atoms with Crippen LogP contribution in [-0.2, 0) is 0 Å². The molecule has 12 rings (SSSR count). The summed E-state index contributed by atoms with van der Waals surface area (Å²) in [4.78, 5) is 15.0. The van der Waals surface area contributed by atoms with Crippen LogP contribution in [0.15, 0.2) is 186 Å². The molecule has 0 aliphatic heterocycles. The molecule has 0 aliphatic rings. The quantitative estimate of drug-likeness (QED) is 0.176. The van der Waals surface area contributed by atoms with Crippen molar-refractivity contribution in [1.29, 1.82) is 0 Å². The fourth-order valence-corrected chi connectivity index (χ4v) is 9.44. The number of hydrogen-bond acceptors (Lipinski definition) is 5. The minimum Gasteiger partial charge on any atom is -0.455 e. The van der Waals surface area contributed by atoms with E-state index in [1.807, 2.05) is 84.1 Å². The van der Waals surface area contributed by atoms with Crippen molar-refractivity contribution in [1.82, 2.24) is 19.5 Å². The van der Waals surface area contributed by atoms with E-state index in [-0.39, 0.29) is 0 Å². The molecular formula is C51H30N4OS. The van der Waals surface area contributed by atoms with Crippen LogP contribution >= 0.6 is 11.3 Å². The van der Waals surface area contributed by atoms with Crippen molar-refractivity contribution in [3.05, 3.63) is 182 Å². The molecule has 0 spiro atoms. The maximum absolute atomic E-state index is 6.45. The summed E-state index contributed by atoms with van der Waals surface area (Å²) in [5.74, 6) is 1.96. The zero-order chi connectivity index (χ0) is 37.5. The van der Waals surface area contributed by atoms with Gasteiger partial charge in [0.1, 0.15) is 11.2 Å². The van der Waals surface area contributed by atoms with Gasteiger partial charge in [-0.1, -0.05) is 121 Å². The van der Waals surface area contributed by atoms with E-state index < -0.39 is 0 Å². The van der Waals surface area contributed by atoms with Crippen LogP contribution in [0.2, 0.25) is 0 Å². The van der Waals surface area contributed by atoms with Crippen molar-refractivity contribution >= 4 is 75.3 Å². The Balaban J connectivity index is 1.01. The van der Waals surface area contributed by atoms with E-state index in [1.165, 1.54) is 36.5 Å². The highest BCUT2D eigenvalue weighted by molar-refractivity contribution is 7.25. The molecule has 4 aromatic heterocycles. The lowest BCUT2D eigenvalue weighted by Crippen LogP contribution is -2.00. The van der Waals surface area contributed by atoms with E-state index in [9.17, 15) is 0 Å². The van der Waals surface area contributed by atoms with Crippen LogP contribution < -0.4 is 0 Å².